The van der Waals surface area contributed by atoms with Gasteiger partial charge in [-0.1, -0.05) is 40.5 Å². The molecule has 25 heteroatoms. The van der Waals surface area contributed by atoms with Gasteiger partial charge >= 0.3 is 5.97 Å². The van der Waals surface area contributed by atoms with Crippen molar-refractivity contribution < 1.29 is 63.3 Å². The Kier molecular flexibility index (Phi) is 24.9. The highest BCUT2D eigenvalue weighted by Gasteiger charge is 2.45. The number of unbranched alkanes of at least 4 members (excludes halogenated alkanes) is 1. The van der Waals surface area contributed by atoms with Crippen LogP contribution in [-0.2, 0) is 47.9 Å². The minimum Gasteiger partial charge on any atom is -0.480 e. The van der Waals surface area contributed by atoms with Crippen LogP contribution in [0.3, 0.4) is 0 Å². The van der Waals surface area contributed by atoms with Gasteiger partial charge in [-0.3, -0.25) is 43.2 Å². The van der Waals surface area contributed by atoms with Crippen LogP contribution in [0.15, 0.2) is 0 Å². The summed E-state index contributed by atoms with van der Waals surface area (Å²) < 4.78 is 0. The maximum atomic E-state index is 14.3. The Hall–Kier alpha value is -5.11. The Morgan fingerprint density at radius 3 is 1.79 bits per heavy atom. The Balaban J connectivity index is 1.65. The normalized spacial score (nSPS) is 22.0. The summed E-state index contributed by atoms with van der Waals surface area (Å²) in [4.78, 5) is 137. The van der Waals surface area contributed by atoms with E-state index in [4.69, 9.17) is 5.73 Å². The first-order valence-electron chi connectivity index (χ1n) is 24.9. The fourth-order valence-electron chi connectivity index (χ4n) is 8.75. The van der Waals surface area contributed by atoms with E-state index < -0.39 is 132 Å². The quantitative estimate of drug-likeness (QED) is 0.0270. The van der Waals surface area contributed by atoms with E-state index >= 15 is 0 Å². The molecular formula is C46H79N11O13S. The number of carbonyl (C=O) groups is 10. The fraction of sp³-hybridized carbons (Fsp3) is 0.783. The lowest BCUT2D eigenvalue weighted by molar-refractivity contribution is -0.149. The smallest absolute Gasteiger partial charge is 0.326 e. The lowest BCUT2D eigenvalue weighted by atomic mass is 9.96. The summed E-state index contributed by atoms with van der Waals surface area (Å²) in [5, 5.41) is 51.2. The molecule has 0 spiro atoms. The van der Waals surface area contributed by atoms with E-state index in [1.165, 1.54) is 23.6 Å². The zero-order chi connectivity index (χ0) is 53.1. The second-order valence-electron chi connectivity index (χ2n) is 18.9. The second-order valence-corrected chi connectivity index (χ2v) is 19.3. The number of rotatable bonds is 28. The first-order chi connectivity index (χ1) is 33.6. The Bertz CT molecular complexity index is 1870. The first kappa shape index (κ1) is 60.2. The molecule has 0 aromatic rings. The molecule has 3 aliphatic rings. The third-order valence-corrected chi connectivity index (χ3v) is 14.0. The average molecular weight is 1030 g/mol. The first-order valence-corrected chi connectivity index (χ1v) is 25.6. The highest BCUT2D eigenvalue weighted by Crippen LogP contribution is 2.27. The number of carboxylic acids is 1. The minimum absolute atomic E-state index is 0.164. The summed E-state index contributed by atoms with van der Waals surface area (Å²) in [6.45, 7) is 10.1. The zero-order valence-corrected chi connectivity index (χ0v) is 42.8. The number of hydrogen-bond donors (Lipinski definition) is 13. The molecule has 24 nitrogen and oxygen atoms in total. The Labute approximate surface area is 421 Å². The number of nitrogens with one attached hydrogen (secondary N) is 8. The molecule has 3 rings (SSSR count). The summed E-state index contributed by atoms with van der Waals surface area (Å²) in [5.41, 5.74) is 5.54. The number of thiol groups is 1. The van der Waals surface area contributed by atoms with Crippen LogP contribution in [0, 0.1) is 11.8 Å². The van der Waals surface area contributed by atoms with E-state index in [2.05, 4.69) is 55.2 Å². The van der Waals surface area contributed by atoms with Crippen LogP contribution in [0.4, 0.5) is 0 Å². The SMILES string of the molecule is CC[C@H](C)[C@H](NC(=O)[C@@H]1CCCN1)C(=O)N[C@@H](CS)C(=O)N[C@H](C(=O)N[C@@H](C)C(=O)N[C@@H](CO)C(=O)N[C@H](C(=O)N1CCC[C@H]1C(=O)N1CCC[C@H]1C(=O)N[C@@H](CCCCN)C(=O)O)[C@@H](C)CC)[C@@H](C)O. The van der Waals surface area contributed by atoms with Gasteiger partial charge in [-0.05, 0) is 96.6 Å². The van der Waals surface area contributed by atoms with Gasteiger partial charge < -0.3 is 73.4 Å². The molecule has 0 saturated carbocycles. The predicted octanol–water partition coefficient (Wildman–Crippen LogP) is -3.26. The highest BCUT2D eigenvalue weighted by atomic mass is 32.1. The summed E-state index contributed by atoms with van der Waals surface area (Å²) in [6, 6.07) is -11.8. The molecule has 13 N–H and O–H groups in total. The predicted molar refractivity (Wildman–Crippen MR) is 262 cm³/mol. The molecule has 13 atom stereocenters. The number of likely N-dealkylation sites (tertiary alicyclic amines) is 2. The van der Waals surface area contributed by atoms with E-state index in [-0.39, 0.29) is 43.5 Å². The van der Waals surface area contributed by atoms with Gasteiger partial charge in [0.25, 0.3) is 0 Å². The summed E-state index contributed by atoms with van der Waals surface area (Å²) in [6.07, 6.45) is 3.55. The van der Waals surface area contributed by atoms with Crippen molar-refractivity contribution in [2.45, 2.75) is 179 Å². The van der Waals surface area contributed by atoms with Crippen LogP contribution in [0.5, 0.6) is 0 Å². The maximum Gasteiger partial charge on any atom is 0.326 e. The van der Waals surface area contributed by atoms with Crippen LogP contribution < -0.4 is 48.3 Å². The van der Waals surface area contributed by atoms with Gasteiger partial charge in [0, 0.05) is 18.8 Å². The summed E-state index contributed by atoms with van der Waals surface area (Å²) in [5.74, 6) is -8.75. The van der Waals surface area contributed by atoms with Crippen molar-refractivity contribution >= 4 is 71.8 Å². The molecule has 9 amide bonds. The standard InChI is InChI=1S/C46H79N11O13S/c1-7-24(3)34(53-38(61)28-15-11-19-48-28)42(65)52-31(23-71)40(63)55-36(27(6)59)43(66)49-26(5)37(60)51-30(22-58)39(62)54-35(25(4)8-2)45(68)57-21-13-17-33(57)44(67)56-20-12-16-32(56)41(64)50-29(46(69)70)14-9-10-18-47/h24-36,48,58-59,71H,7-23,47H2,1-6H3,(H,49,66)(H,50,64)(H,51,60)(H,52,65)(H,53,61)(H,54,62)(H,55,63)(H,69,70)/t24-,25-,26-,27+,28-,29-,30-,31-,32-,33-,34-,35-,36-/m0/s1. The third kappa shape index (κ3) is 17.0. The molecule has 0 radical (unpaired) electrons. The van der Waals surface area contributed by atoms with E-state index in [1.807, 2.05) is 6.92 Å². The van der Waals surface area contributed by atoms with E-state index in [9.17, 15) is 63.3 Å². The van der Waals surface area contributed by atoms with Gasteiger partial charge in [-0.2, -0.15) is 12.6 Å². The van der Waals surface area contributed by atoms with Gasteiger partial charge in [0.05, 0.1) is 18.8 Å². The number of carboxylic acid groups (broad SMARTS) is 1. The molecule has 402 valence electrons. The topological polar surface area (TPSA) is 360 Å². The van der Waals surface area contributed by atoms with Gasteiger partial charge in [-0.25, -0.2) is 4.79 Å². The number of aliphatic carboxylic acids is 1. The van der Waals surface area contributed by atoms with Crippen molar-refractivity contribution in [1.82, 2.24) is 52.3 Å². The van der Waals surface area contributed by atoms with Crippen LogP contribution in [-0.4, -0.2) is 189 Å². The third-order valence-electron chi connectivity index (χ3n) is 13.6. The lowest BCUT2D eigenvalue weighted by Gasteiger charge is -2.35. The largest absolute Gasteiger partial charge is 0.480 e. The van der Waals surface area contributed by atoms with Gasteiger partial charge in [0.1, 0.15) is 54.4 Å². The molecule has 3 aliphatic heterocycles. The Morgan fingerprint density at radius 1 is 0.648 bits per heavy atom. The number of nitrogens with zero attached hydrogens (tertiary/aromatic N) is 2. The molecule has 0 aromatic carbocycles. The van der Waals surface area contributed by atoms with E-state index in [0.29, 0.717) is 64.5 Å². The van der Waals surface area contributed by atoms with Crippen molar-refractivity contribution in [3.63, 3.8) is 0 Å². The fourth-order valence-corrected chi connectivity index (χ4v) is 9.01. The monoisotopic (exact) mass is 1030 g/mol. The van der Waals surface area contributed by atoms with Crippen LogP contribution in [0.1, 0.15) is 112 Å². The number of nitrogens with two attached hydrogens (primary N) is 1. The molecule has 3 fully saturated rings. The number of aliphatic hydroxyl groups excluding tert-OH is 2. The maximum absolute atomic E-state index is 14.3. The van der Waals surface area contributed by atoms with Crippen molar-refractivity contribution in [1.29, 1.82) is 0 Å². The minimum atomic E-state index is -1.65. The van der Waals surface area contributed by atoms with Crippen LogP contribution in [0.2, 0.25) is 0 Å². The van der Waals surface area contributed by atoms with Gasteiger partial charge in [0.2, 0.25) is 53.2 Å². The van der Waals surface area contributed by atoms with Crippen molar-refractivity contribution in [3.8, 4) is 0 Å². The Morgan fingerprint density at radius 2 is 1.23 bits per heavy atom. The van der Waals surface area contributed by atoms with Crippen molar-refractivity contribution in [3.05, 3.63) is 0 Å². The number of carbonyl (C=O) groups excluding carboxylic acids is 9. The van der Waals surface area contributed by atoms with Crippen molar-refractivity contribution in [2.24, 2.45) is 17.6 Å². The summed E-state index contributed by atoms with van der Waals surface area (Å²) in [7, 11) is 0. The van der Waals surface area contributed by atoms with Crippen LogP contribution in [0.25, 0.3) is 0 Å². The van der Waals surface area contributed by atoms with Gasteiger partial charge in [-0.15, -0.1) is 0 Å². The molecule has 0 unspecified atom stereocenters. The second kappa shape index (κ2) is 29.4. The number of amides is 9. The lowest BCUT2D eigenvalue weighted by Crippen LogP contribution is -2.62. The number of aliphatic hydroxyl groups is 2. The van der Waals surface area contributed by atoms with Crippen LogP contribution >= 0.6 is 12.6 Å². The van der Waals surface area contributed by atoms with E-state index in [1.54, 1.807) is 20.8 Å². The van der Waals surface area contributed by atoms with E-state index in [0.717, 1.165) is 6.42 Å². The highest BCUT2D eigenvalue weighted by molar-refractivity contribution is 7.80. The molecule has 0 bridgehead atoms. The number of hydrogen-bond acceptors (Lipinski definition) is 15. The average Bonchev–Trinajstić information content (AvgIpc) is 4.17. The van der Waals surface area contributed by atoms with Crippen molar-refractivity contribution in [2.75, 3.05) is 38.5 Å². The zero-order valence-electron chi connectivity index (χ0n) is 41.9. The summed E-state index contributed by atoms with van der Waals surface area (Å²) >= 11 is 4.20. The molecule has 0 aliphatic carbocycles. The molecule has 3 heterocycles. The molecule has 3 saturated heterocycles. The molecule has 71 heavy (non-hydrogen) atoms. The molecule has 0 aromatic heterocycles. The van der Waals surface area contributed by atoms with Gasteiger partial charge in [0.15, 0.2) is 0 Å². The molecular weight excluding hydrogens is 947 g/mol.